The molecule has 1 aromatic heterocycles. The van der Waals surface area contributed by atoms with E-state index in [-0.39, 0.29) is 0 Å². The maximum absolute atomic E-state index is 4.44. The zero-order valence-electron chi connectivity index (χ0n) is 11.8. The number of aryl methyl sites for hydroxylation is 2. The zero-order chi connectivity index (χ0) is 12.7. The summed E-state index contributed by atoms with van der Waals surface area (Å²) in [5, 5.41) is 7.95. The minimum atomic E-state index is 0.833. The standard InChI is InChI=1S/C14H27N3/c1-5-14-13(11-17(4)16-14)10-15-9-7-6-8-12(2)3/h11-12,15H,5-10H2,1-4H3. The molecule has 1 N–H and O–H groups in total. The van der Waals surface area contributed by atoms with E-state index in [4.69, 9.17) is 0 Å². The largest absolute Gasteiger partial charge is 0.313 e. The number of hydrogen-bond donors (Lipinski definition) is 1. The number of rotatable bonds is 8. The van der Waals surface area contributed by atoms with Crippen LogP contribution in [-0.2, 0) is 20.0 Å². The van der Waals surface area contributed by atoms with Gasteiger partial charge in [-0.05, 0) is 25.3 Å². The van der Waals surface area contributed by atoms with Crippen molar-refractivity contribution in [1.29, 1.82) is 0 Å². The van der Waals surface area contributed by atoms with Crippen LogP contribution in [0.5, 0.6) is 0 Å². The van der Waals surface area contributed by atoms with Crippen LogP contribution >= 0.6 is 0 Å². The highest BCUT2D eigenvalue weighted by atomic mass is 15.3. The van der Waals surface area contributed by atoms with Gasteiger partial charge in [0.1, 0.15) is 0 Å². The van der Waals surface area contributed by atoms with E-state index in [0.29, 0.717) is 0 Å². The molecule has 98 valence electrons. The summed E-state index contributed by atoms with van der Waals surface area (Å²) in [7, 11) is 1.99. The van der Waals surface area contributed by atoms with Crippen LogP contribution in [0.4, 0.5) is 0 Å². The highest BCUT2D eigenvalue weighted by molar-refractivity contribution is 5.16. The van der Waals surface area contributed by atoms with Gasteiger partial charge in [-0.2, -0.15) is 5.10 Å². The Morgan fingerprint density at radius 3 is 2.76 bits per heavy atom. The molecule has 3 heteroatoms. The van der Waals surface area contributed by atoms with Crippen LogP contribution in [0.3, 0.4) is 0 Å². The number of nitrogens with zero attached hydrogens (tertiary/aromatic N) is 2. The van der Waals surface area contributed by atoms with Crippen molar-refractivity contribution in [3.05, 3.63) is 17.5 Å². The van der Waals surface area contributed by atoms with E-state index in [9.17, 15) is 0 Å². The van der Waals surface area contributed by atoms with Gasteiger partial charge in [0, 0.05) is 25.4 Å². The molecule has 0 aliphatic rings. The van der Waals surface area contributed by atoms with Gasteiger partial charge in [0.2, 0.25) is 0 Å². The third kappa shape index (κ3) is 5.35. The summed E-state index contributed by atoms with van der Waals surface area (Å²) in [5.74, 6) is 0.833. The van der Waals surface area contributed by atoms with Crippen molar-refractivity contribution in [1.82, 2.24) is 15.1 Å². The third-order valence-corrected chi connectivity index (χ3v) is 3.03. The maximum atomic E-state index is 4.44. The van der Waals surface area contributed by atoms with Crippen LogP contribution < -0.4 is 5.32 Å². The van der Waals surface area contributed by atoms with E-state index in [0.717, 1.165) is 25.4 Å². The molecule has 0 bridgehead atoms. The van der Waals surface area contributed by atoms with E-state index >= 15 is 0 Å². The Kier molecular flexibility index (Phi) is 6.27. The van der Waals surface area contributed by atoms with Gasteiger partial charge >= 0.3 is 0 Å². The summed E-state index contributed by atoms with van der Waals surface area (Å²) < 4.78 is 1.91. The van der Waals surface area contributed by atoms with Gasteiger partial charge in [-0.25, -0.2) is 0 Å². The van der Waals surface area contributed by atoms with E-state index < -0.39 is 0 Å². The molecule has 0 aromatic carbocycles. The van der Waals surface area contributed by atoms with Crippen LogP contribution in [0.15, 0.2) is 6.20 Å². The summed E-state index contributed by atoms with van der Waals surface area (Å²) in [6.45, 7) is 8.81. The Bertz CT molecular complexity index is 315. The predicted molar refractivity (Wildman–Crippen MR) is 73.0 cm³/mol. The molecular weight excluding hydrogens is 210 g/mol. The predicted octanol–water partition coefficient (Wildman–Crippen LogP) is 2.90. The number of hydrogen-bond acceptors (Lipinski definition) is 2. The van der Waals surface area contributed by atoms with E-state index in [1.807, 2.05) is 11.7 Å². The van der Waals surface area contributed by atoms with Gasteiger partial charge in [-0.15, -0.1) is 0 Å². The second kappa shape index (κ2) is 7.49. The minimum absolute atomic E-state index is 0.833. The summed E-state index contributed by atoms with van der Waals surface area (Å²) in [5.41, 5.74) is 2.57. The molecule has 0 spiro atoms. The summed E-state index contributed by atoms with van der Waals surface area (Å²) in [6, 6.07) is 0. The SMILES string of the molecule is CCc1nn(C)cc1CNCCCCC(C)C. The fourth-order valence-electron chi connectivity index (χ4n) is 2.05. The molecule has 0 unspecified atom stereocenters. The van der Waals surface area contributed by atoms with Crippen LogP contribution in [-0.4, -0.2) is 16.3 Å². The van der Waals surface area contributed by atoms with Crippen LogP contribution in [0.1, 0.15) is 51.3 Å². The first kappa shape index (κ1) is 14.2. The smallest absolute Gasteiger partial charge is 0.0666 e. The van der Waals surface area contributed by atoms with Crippen molar-refractivity contribution < 1.29 is 0 Å². The third-order valence-electron chi connectivity index (χ3n) is 3.03. The summed E-state index contributed by atoms with van der Waals surface area (Å²) >= 11 is 0. The van der Waals surface area contributed by atoms with Crippen LogP contribution in [0.25, 0.3) is 0 Å². The fraction of sp³-hybridized carbons (Fsp3) is 0.786. The molecule has 0 radical (unpaired) electrons. The minimum Gasteiger partial charge on any atom is -0.313 e. The highest BCUT2D eigenvalue weighted by Crippen LogP contribution is 2.07. The zero-order valence-corrected chi connectivity index (χ0v) is 11.8. The van der Waals surface area contributed by atoms with E-state index in [2.05, 4.69) is 37.4 Å². The first-order valence-electron chi connectivity index (χ1n) is 6.85. The molecule has 17 heavy (non-hydrogen) atoms. The Hall–Kier alpha value is -0.830. The Morgan fingerprint density at radius 1 is 1.35 bits per heavy atom. The van der Waals surface area contributed by atoms with Gasteiger partial charge in [-0.1, -0.05) is 33.6 Å². The van der Waals surface area contributed by atoms with Crippen LogP contribution in [0, 0.1) is 5.92 Å². The molecule has 0 aliphatic carbocycles. The molecular formula is C14H27N3. The van der Waals surface area contributed by atoms with Gasteiger partial charge < -0.3 is 5.32 Å². The van der Waals surface area contributed by atoms with Gasteiger partial charge in [0.05, 0.1) is 5.69 Å². The molecule has 1 rings (SSSR count). The van der Waals surface area contributed by atoms with Crippen LogP contribution in [0.2, 0.25) is 0 Å². The average molecular weight is 237 g/mol. The Balaban J connectivity index is 2.17. The van der Waals surface area contributed by atoms with Crippen molar-refractivity contribution >= 4 is 0 Å². The van der Waals surface area contributed by atoms with E-state index in [1.54, 1.807) is 0 Å². The Labute approximate surface area is 106 Å². The lowest BCUT2D eigenvalue weighted by Gasteiger charge is -2.06. The molecule has 0 aliphatic heterocycles. The second-order valence-electron chi connectivity index (χ2n) is 5.19. The topological polar surface area (TPSA) is 29.9 Å². The number of unbranched alkanes of at least 4 members (excludes halogenated alkanes) is 1. The molecule has 0 atom stereocenters. The van der Waals surface area contributed by atoms with Crippen molar-refractivity contribution in [2.75, 3.05) is 6.54 Å². The molecule has 0 amide bonds. The molecule has 0 saturated carbocycles. The average Bonchev–Trinajstić information content (AvgIpc) is 2.63. The van der Waals surface area contributed by atoms with Gasteiger partial charge in [-0.3, -0.25) is 4.68 Å². The Morgan fingerprint density at radius 2 is 2.12 bits per heavy atom. The fourth-order valence-corrected chi connectivity index (χ4v) is 2.05. The normalized spacial score (nSPS) is 11.4. The van der Waals surface area contributed by atoms with E-state index in [1.165, 1.54) is 30.5 Å². The monoisotopic (exact) mass is 237 g/mol. The quantitative estimate of drug-likeness (QED) is 0.705. The van der Waals surface area contributed by atoms with Gasteiger partial charge in [0.25, 0.3) is 0 Å². The lowest BCUT2D eigenvalue weighted by Crippen LogP contribution is -2.15. The molecule has 1 heterocycles. The molecule has 0 saturated heterocycles. The van der Waals surface area contributed by atoms with Crippen molar-refractivity contribution in [2.24, 2.45) is 13.0 Å². The van der Waals surface area contributed by atoms with Crippen molar-refractivity contribution in [2.45, 2.75) is 53.0 Å². The van der Waals surface area contributed by atoms with Gasteiger partial charge in [0.15, 0.2) is 0 Å². The maximum Gasteiger partial charge on any atom is 0.0666 e. The number of nitrogens with one attached hydrogen (secondary N) is 1. The lowest BCUT2D eigenvalue weighted by atomic mass is 10.1. The second-order valence-corrected chi connectivity index (χ2v) is 5.19. The molecule has 0 fully saturated rings. The first-order valence-corrected chi connectivity index (χ1v) is 6.85. The summed E-state index contributed by atoms with van der Waals surface area (Å²) in [4.78, 5) is 0. The van der Waals surface area contributed by atoms with Crippen molar-refractivity contribution in [3.63, 3.8) is 0 Å². The summed E-state index contributed by atoms with van der Waals surface area (Å²) in [6.07, 6.45) is 7.10. The first-order chi connectivity index (χ1) is 8.13. The molecule has 3 nitrogen and oxygen atoms in total. The lowest BCUT2D eigenvalue weighted by molar-refractivity contribution is 0.520. The molecule has 1 aromatic rings. The van der Waals surface area contributed by atoms with Crippen molar-refractivity contribution in [3.8, 4) is 0 Å². The number of aromatic nitrogens is 2. The highest BCUT2D eigenvalue weighted by Gasteiger charge is 2.04.